The molecule has 21 heavy (non-hydrogen) atoms. The van der Waals surface area contributed by atoms with Crippen LogP contribution in [-0.4, -0.2) is 55.5 Å². The number of nitrogens with one attached hydrogen (secondary N) is 1. The summed E-state index contributed by atoms with van der Waals surface area (Å²) in [6.07, 6.45) is 2.26. The molecule has 1 aliphatic heterocycles. The van der Waals surface area contributed by atoms with Gasteiger partial charge < -0.3 is 15.1 Å². The average Bonchev–Trinajstić information content (AvgIpc) is 2.49. The maximum absolute atomic E-state index is 12.1. The summed E-state index contributed by atoms with van der Waals surface area (Å²) in [6.45, 7) is 5.58. The Morgan fingerprint density at radius 1 is 1.38 bits per heavy atom. The monoisotopic (exact) mass is 309 g/mol. The molecule has 1 aromatic rings. The van der Waals surface area contributed by atoms with Crippen LogP contribution in [0, 0.1) is 0 Å². The Bertz CT molecular complexity index is 496. The molecule has 1 fully saturated rings. The number of rotatable bonds is 4. The first kappa shape index (κ1) is 16.1. The summed E-state index contributed by atoms with van der Waals surface area (Å²) < 4.78 is 0. The van der Waals surface area contributed by atoms with Crippen LogP contribution in [0.5, 0.6) is 0 Å². The third-order valence-corrected chi connectivity index (χ3v) is 4.34. The van der Waals surface area contributed by atoms with E-state index in [1.54, 1.807) is 25.1 Å². The zero-order valence-electron chi connectivity index (χ0n) is 13.0. The first-order chi connectivity index (χ1) is 10.0. The van der Waals surface area contributed by atoms with Crippen molar-refractivity contribution in [2.75, 3.05) is 39.0 Å². The molecule has 0 radical (unpaired) electrons. The molecule has 0 spiro atoms. The van der Waals surface area contributed by atoms with Gasteiger partial charge in [0.15, 0.2) is 0 Å². The molecule has 2 rings (SSSR count). The third kappa shape index (κ3) is 4.11. The number of hydrogen-bond acceptors (Lipinski definition) is 3. The summed E-state index contributed by atoms with van der Waals surface area (Å²) in [4.78, 5) is 16.1. The van der Waals surface area contributed by atoms with Crippen molar-refractivity contribution in [3.05, 3.63) is 28.8 Å². The lowest BCUT2D eigenvalue weighted by Crippen LogP contribution is -2.38. The highest BCUT2D eigenvalue weighted by molar-refractivity contribution is 6.34. The van der Waals surface area contributed by atoms with Crippen LogP contribution in [0.4, 0.5) is 5.69 Å². The van der Waals surface area contributed by atoms with Crippen LogP contribution in [-0.2, 0) is 0 Å². The van der Waals surface area contributed by atoms with Crippen molar-refractivity contribution < 1.29 is 4.79 Å². The number of carbonyl (C=O) groups is 1. The third-order valence-electron chi connectivity index (χ3n) is 4.01. The molecule has 4 nitrogen and oxygen atoms in total. The van der Waals surface area contributed by atoms with Gasteiger partial charge in [-0.15, -0.1) is 0 Å². The lowest BCUT2D eigenvalue weighted by molar-refractivity contribution is 0.0828. The predicted octanol–water partition coefficient (Wildman–Crippen LogP) is 2.94. The normalized spacial score (nSPS) is 16.8. The standard InChI is InChI=1S/C16H24ClN3O/c1-4-20-9-7-12(8-10-20)18-13-5-6-15(17)14(11-13)16(21)19(2)3/h5-6,11-12,18H,4,7-10H2,1-3H3. The minimum atomic E-state index is -0.0653. The number of hydrogen-bond donors (Lipinski definition) is 1. The average molecular weight is 310 g/mol. The number of likely N-dealkylation sites (tertiary alicyclic amines) is 1. The Morgan fingerprint density at radius 3 is 2.62 bits per heavy atom. The molecule has 1 N–H and O–H groups in total. The summed E-state index contributed by atoms with van der Waals surface area (Å²) in [5.74, 6) is -0.0653. The lowest BCUT2D eigenvalue weighted by Gasteiger charge is -2.32. The second-order valence-corrected chi connectivity index (χ2v) is 6.15. The Labute approximate surface area is 132 Å². The van der Waals surface area contributed by atoms with Gasteiger partial charge in [-0.05, 0) is 37.6 Å². The van der Waals surface area contributed by atoms with Crippen LogP contribution in [0.1, 0.15) is 30.1 Å². The van der Waals surface area contributed by atoms with E-state index in [9.17, 15) is 4.79 Å². The van der Waals surface area contributed by atoms with Gasteiger partial charge in [-0.25, -0.2) is 0 Å². The van der Waals surface area contributed by atoms with E-state index in [1.807, 2.05) is 12.1 Å². The van der Waals surface area contributed by atoms with Crippen LogP contribution in [0.25, 0.3) is 0 Å². The van der Waals surface area contributed by atoms with Gasteiger partial charge in [0.1, 0.15) is 0 Å². The summed E-state index contributed by atoms with van der Waals surface area (Å²) in [5.41, 5.74) is 1.53. The Morgan fingerprint density at radius 2 is 2.05 bits per heavy atom. The van der Waals surface area contributed by atoms with Gasteiger partial charge in [-0.3, -0.25) is 4.79 Å². The number of halogens is 1. The first-order valence-corrected chi connectivity index (χ1v) is 7.89. The summed E-state index contributed by atoms with van der Waals surface area (Å²) in [7, 11) is 3.47. The molecule has 1 saturated heterocycles. The van der Waals surface area contributed by atoms with Crippen LogP contribution in [0.2, 0.25) is 5.02 Å². The fraction of sp³-hybridized carbons (Fsp3) is 0.562. The molecule has 0 atom stereocenters. The van der Waals surface area contributed by atoms with Gasteiger partial charge in [-0.2, -0.15) is 0 Å². The highest BCUT2D eigenvalue weighted by Gasteiger charge is 2.19. The zero-order valence-corrected chi connectivity index (χ0v) is 13.8. The molecule has 0 bridgehead atoms. The molecule has 0 aromatic heterocycles. The summed E-state index contributed by atoms with van der Waals surface area (Å²) >= 11 is 6.13. The summed E-state index contributed by atoms with van der Waals surface area (Å²) in [6, 6.07) is 6.07. The number of nitrogens with zero attached hydrogens (tertiary/aromatic N) is 2. The van der Waals surface area contributed by atoms with Crippen molar-refractivity contribution >= 4 is 23.2 Å². The summed E-state index contributed by atoms with van der Waals surface area (Å²) in [5, 5.41) is 4.03. The highest BCUT2D eigenvalue weighted by atomic mass is 35.5. The van der Waals surface area contributed by atoms with E-state index in [1.165, 1.54) is 0 Å². The van der Waals surface area contributed by atoms with Crippen LogP contribution < -0.4 is 5.32 Å². The van der Waals surface area contributed by atoms with E-state index in [4.69, 9.17) is 11.6 Å². The fourth-order valence-corrected chi connectivity index (χ4v) is 2.85. The molecule has 0 unspecified atom stereocenters. The smallest absolute Gasteiger partial charge is 0.254 e. The van der Waals surface area contributed by atoms with E-state index in [-0.39, 0.29) is 5.91 Å². The van der Waals surface area contributed by atoms with Crippen molar-refractivity contribution in [3.63, 3.8) is 0 Å². The molecular weight excluding hydrogens is 286 g/mol. The molecule has 0 saturated carbocycles. The van der Waals surface area contributed by atoms with E-state index in [0.29, 0.717) is 16.6 Å². The lowest BCUT2D eigenvalue weighted by atomic mass is 10.0. The number of benzene rings is 1. The van der Waals surface area contributed by atoms with Gasteiger partial charge in [0.2, 0.25) is 0 Å². The predicted molar refractivity (Wildman–Crippen MR) is 88.2 cm³/mol. The SMILES string of the molecule is CCN1CCC(Nc2ccc(Cl)c(C(=O)N(C)C)c2)CC1. The first-order valence-electron chi connectivity index (χ1n) is 7.51. The maximum atomic E-state index is 12.1. The zero-order chi connectivity index (χ0) is 15.4. The molecule has 0 aliphatic carbocycles. The topological polar surface area (TPSA) is 35.6 Å². The minimum Gasteiger partial charge on any atom is -0.382 e. The molecule has 5 heteroatoms. The quantitative estimate of drug-likeness (QED) is 0.929. The van der Waals surface area contributed by atoms with Crippen LogP contribution in [0.3, 0.4) is 0 Å². The number of anilines is 1. The molecule has 116 valence electrons. The molecule has 1 aromatic carbocycles. The molecule has 1 amide bonds. The molecule has 1 aliphatic rings. The molecular formula is C16H24ClN3O. The van der Waals surface area contributed by atoms with E-state index in [2.05, 4.69) is 17.1 Å². The van der Waals surface area contributed by atoms with Crippen LogP contribution >= 0.6 is 11.6 Å². The van der Waals surface area contributed by atoms with Crippen molar-refractivity contribution in [2.45, 2.75) is 25.8 Å². The van der Waals surface area contributed by atoms with E-state index >= 15 is 0 Å². The Hall–Kier alpha value is -1.26. The maximum Gasteiger partial charge on any atom is 0.254 e. The fourth-order valence-electron chi connectivity index (χ4n) is 2.65. The number of carbonyl (C=O) groups excluding carboxylic acids is 1. The number of piperidine rings is 1. The number of amides is 1. The molecule has 1 heterocycles. The van der Waals surface area contributed by atoms with E-state index in [0.717, 1.165) is 38.2 Å². The second-order valence-electron chi connectivity index (χ2n) is 5.75. The van der Waals surface area contributed by atoms with Gasteiger partial charge in [0, 0.05) is 38.9 Å². The van der Waals surface area contributed by atoms with Crippen molar-refractivity contribution in [2.24, 2.45) is 0 Å². The van der Waals surface area contributed by atoms with Crippen molar-refractivity contribution in [1.82, 2.24) is 9.80 Å². The minimum absolute atomic E-state index is 0.0653. The van der Waals surface area contributed by atoms with E-state index < -0.39 is 0 Å². The van der Waals surface area contributed by atoms with Crippen molar-refractivity contribution in [1.29, 1.82) is 0 Å². The van der Waals surface area contributed by atoms with Gasteiger partial charge >= 0.3 is 0 Å². The van der Waals surface area contributed by atoms with Crippen LogP contribution in [0.15, 0.2) is 18.2 Å². The van der Waals surface area contributed by atoms with Crippen molar-refractivity contribution in [3.8, 4) is 0 Å². The Kier molecular flexibility index (Phi) is 5.48. The van der Waals surface area contributed by atoms with Gasteiger partial charge in [-0.1, -0.05) is 18.5 Å². The van der Waals surface area contributed by atoms with Gasteiger partial charge in [0.05, 0.1) is 10.6 Å². The second kappa shape index (κ2) is 7.14. The highest BCUT2D eigenvalue weighted by Crippen LogP contribution is 2.23. The Balaban J connectivity index is 2.04. The van der Waals surface area contributed by atoms with Gasteiger partial charge in [0.25, 0.3) is 5.91 Å². The largest absolute Gasteiger partial charge is 0.382 e.